The van der Waals surface area contributed by atoms with Crippen molar-refractivity contribution < 1.29 is 4.74 Å². The van der Waals surface area contributed by atoms with Crippen molar-refractivity contribution in [1.29, 1.82) is 0 Å². The predicted molar refractivity (Wildman–Crippen MR) is 89.2 cm³/mol. The SMILES string of the molecule is CCOc1ccc(C)cc1C(Cl)c1ccc(Br)cc1Cl. The van der Waals surface area contributed by atoms with Gasteiger partial charge in [-0.15, -0.1) is 11.6 Å². The minimum absolute atomic E-state index is 0.336. The summed E-state index contributed by atoms with van der Waals surface area (Å²) in [5.41, 5.74) is 2.96. The van der Waals surface area contributed by atoms with Crippen LogP contribution in [0.1, 0.15) is 29.0 Å². The van der Waals surface area contributed by atoms with Crippen molar-refractivity contribution in [3.63, 3.8) is 0 Å². The Hall–Kier alpha value is -0.700. The summed E-state index contributed by atoms with van der Waals surface area (Å²) in [5, 5.41) is 0.306. The van der Waals surface area contributed by atoms with Crippen molar-refractivity contribution in [2.45, 2.75) is 19.2 Å². The maximum absolute atomic E-state index is 6.62. The number of hydrogen-bond donors (Lipinski definition) is 0. The Morgan fingerprint density at radius 2 is 1.90 bits per heavy atom. The van der Waals surface area contributed by atoms with Gasteiger partial charge in [0.15, 0.2) is 0 Å². The van der Waals surface area contributed by atoms with Crippen LogP contribution in [0.25, 0.3) is 0 Å². The summed E-state index contributed by atoms with van der Waals surface area (Å²) in [6.45, 7) is 4.60. The van der Waals surface area contributed by atoms with Gasteiger partial charge in [0.05, 0.1) is 12.0 Å². The van der Waals surface area contributed by atoms with Gasteiger partial charge in [0.2, 0.25) is 0 Å². The second-order valence-corrected chi connectivity index (χ2v) is 6.26. The molecular formula is C16H15BrCl2O. The molecule has 2 rings (SSSR count). The van der Waals surface area contributed by atoms with Crippen molar-refractivity contribution in [2.24, 2.45) is 0 Å². The number of aryl methyl sites for hydroxylation is 1. The van der Waals surface area contributed by atoms with Crippen molar-refractivity contribution in [1.82, 2.24) is 0 Å². The van der Waals surface area contributed by atoms with E-state index in [0.717, 1.165) is 26.9 Å². The topological polar surface area (TPSA) is 9.23 Å². The van der Waals surface area contributed by atoms with Crippen LogP contribution in [-0.2, 0) is 0 Å². The summed E-state index contributed by atoms with van der Waals surface area (Å²) < 4.78 is 6.60. The van der Waals surface area contributed by atoms with E-state index in [2.05, 4.69) is 15.9 Å². The number of hydrogen-bond acceptors (Lipinski definition) is 1. The quantitative estimate of drug-likeness (QED) is 0.585. The highest BCUT2D eigenvalue weighted by Gasteiger charge is 2.18. The van der Waals surface area contributed by atoms with E-state index < -0.39 is 0 Å². The Balaban J connectivity index is 2.46. The minimum atomic E-state index is -0.336. The molecule has 1 atom stereocenters. The summed E-state index contributed by atoms with van der Waals surface area (Å²) in [6, 6.07) is 11.7. The van der Waals surface area contributed by atoms with E-state index in [4.69, 9.17) is 27.9 Å². The molecule has 2 aromatic carbocycles. The molecule has 0 saturated heterocycles. The maximum Gasteiger partial charge on any atom is 0.124 e. The lowest BCUT2D eigenvalue weighted by Crippen LogP contribution is -2.01. The van der Waals surface area contributed by atoms with Crippen LogP contribution in [0.15, 0.2) is 40.9 Å². The molecule has 0 aliphatic rings. The third-order valence-corrected chi connectivity index (χ3v) is 4.26. The fourth-order valence-corrected chi connectivity index (χ4v) is 3.23. The molecule has 0 aliphatic heterocycles. The number of halogens is 3. The maximum atomic E-state index is 6.62. The predicted octanol–water partition coefficient (Wildman–Crippen LogP) is 6.14. The first-order valence-electron chi connectivity index (χ1n) is 6.35. The molecule has 0 radical (unpaired) electrons. The van der Waals surface area contributed by atoms with Crippen LogP contribution in [0.2, 0.25) is 5.02 Å². The van der Waals surface area contributed by atoms with Crippen LogP contribution in [0, 0.1) is 6.92 Å². The van der Waals surface area contributed by atoms with Gasteiger partial charge >= 0.3 is 0 Å². The number of benzene rings is 2. The first-order valence-corrected chi connectivity index (χ1v) is 7.96. The third kappa shape index (κ3) is 3.49. The highest BCUT2D eigenvalue weighted by molar-refractivity contribution is 9.10. The standard InChI is InChI=1S/C16H15BrCl2O/c1-3-20-15-7-4-10(2)8-13(15)16(19)12-6-5-11(17)9-14(12)18/h4-9,16H,3H2,1-2H3. The van der Waals surface area contributed by atoms with E-state index in [-0.39, 0.29) is 5.38 Å². The number of ether oxygens (including phenoxy) is 1. The molecule has 106 valence electrons. The lowest BCUT2D eigenvalue weighted by atomic mass is 10.0. The first kappa shape index (κ1) is 15.7. The van der Waals surface area contributed by atoms with Crippen LogP contribution < -0.4 is 4.74 Å². The van der Waals surface area contributed by atoms with Crippen LogP contribution in [0.5, 0.6) is 5.75 Å². The third-order valence-electron chi connectivity index (χ3n) is 2.97. The molecule has 0 bridgehead atoms. The van der Waals surface area contributed by atoms with Gasteiger partial charge in [0.1, 0.15) is 5.75 Å². The van der Waals surface area contributed by atoms with E-state index in [1.54, 1.807) is 0 Å². The molecule has 4 heteroatoms. The lowest BCUT2D eigenvalue weighted by Gasteiger charge is -2.17. The molecule has 2 aromatic rings. The molecule has 0 aliphatic carbocycles. The van der Waals surface area contributed by atoms with Crippen molar-refractivity contribution >= 4 is 39.1 Å². The average molecular weight is 374 g/mol. The zero-order chi connectivity index (χ0) is 14.7. The molecule has 0 fully saturated rings. The smallest absolute Gasteiger partial charge is 0.124 e. The molecule has 0 spiro atoms. The van der Waals surface area contributed by atoms with Gasteiger partial charge in [-0.2, -0.15) is 0 Å². The van der Waals surface area contributed by atoms with Crippen molar-refractivity contribution in [2.75, 3.05) is 6.61 Å². The van der Waals surface area contributed by atoms with E-state index in [1.807, 2.05) is 50.2 Å². The van der Waals surface area contributed by atoms with Crippen LogP contribution in [0.3, 0.4) is 0 Å². The van der Waals surface area contributed by atoms with E-state index in [0.29, 0.717) is 11.6 Å². The molecule has 20 heavy (non-hydrogen) atoms. The van der Waals surface area contributed by atoms with Crippen molar-refractivity contribution in [3.8, 4) is 5.75 Å². The summed E-state index contributed by atoms with van der Waals surface area (Å²) >= 11 is 16.3. The zero-order valence-electron chi connectivity index (χ0n) is 11.3. The molecule has 0 amide bonds. The molecular weight excluding hydrogens is 359 g/mol. The summed E-state index contributed by atoms with van der Waals surface area (Å²) in [5.74, 6) is 0.803. The molecule has 0 saturated carbocycles. The highest BCUT2D eigenvalue weighted by atomic mass is 79.9. The fraction of sp³-hybridized carbons (Fsp3) is 0.250. The van der Waals surface area contributed by atoms with Crippen LogP contribution in [-0.4, -0.2) is 6.61 Å². The lowest BCUT2D eigenvalue weighted by molar-refractivity contribution is 0.337. The Kier molecular flexibility index (Phi) is 5.36. The zero-order valence-corrected chi connectivity index (χ0v) is 14.4. The molecule has 1 nitrogen and oxygen atoms in total. The van der Waals surface area contributed by atoms with Gasteiger partial charge in [0.25, 0.3) is 0 Å². The van der Waals surface area contributed by atoms with Gasteiger partial charge in [-0.1, -0.05) is 51.3 Å². The Morgan fingerprint density at radius 1 is 1.15 bits per heavy atom. The molecule has 1 unspecified atom stereocenters. The molecule has 0 N–H and O–H groups in total. The molecule has 0 aromatic heterocycles. The largest absolute Gasteiger partial charge is 0.494 e. The van der Waals surface area contributed by atoms with Gasteiger partial charge in [-0.05, 0) is 37.6 Å². The van der Waals surface area contributed by atoms with E-state index in [9.17, 15) is 0 Å². The first-order chi connectivity index (χ1) is 9.52. The normalized spacial score (nSPS) is 12.2. The fourth-order valence-electron chi connectivity index (χ4n) is 2.03. The van der Waals surface area contributed by atoms with Crippen LogP contribution >= 0.6 is 39.1 Å². The van der Waals surface area contributed by atoms with Gasteiger partial charge in [0, 0.05) is 15.1 Å². The Morgan fingerprint density at radius 3 is 2.55 bits per heavy atom. The van der Waals surface area contributed by atoms with Gasteiger partial charge < -0.3 is 4.74 Å². The summed E-state index contributed by atoms with van der Waals surface area (Å²) in [6.07, 6.45) is 0. The van der Waals surface area contributed by atoms with Gasteiger partial charge in [-0.3, -0.25) is 0 Å². The van der Waals surface area contributed by atoms with Gasteiger partial charge in [-0.25, -0.2) is 0 Å². The van der Waals surface area contributed by atoms with E-state index in [1.165, 1.54) is 0 Å². The summed E-state index contributed by atoms with van der Waals surface area (Å²) in [4.78, 5) is 0. The number of rotatable bonds is 4. The Bertz CT molecular complexity index is 613. The number of alkyl halides is 1. The second-order valence-electron chi connectivity index (χ2n) is 4.50. The summed E-state index contributed by atoms with van der Waals surface area (Å²) in [7, 11) is 0. The van der Waals surface area contributed by atoms with Crippen molar-refractivity contribution in [3.05, 3.63) is 62.6 Å². The Labute approximate surface area is 138 Å². The minimum Gasteiger partial charge on any atom is -0.494 e. The van der Waals surface area contributed by atoms with Crippen LogP contribution in [0.4, 0.5) is 0 Å². The average Bonchev–Trinajstić information content (AvgIpc) is 2.40. The highest BCUT2D eigenvalue weighted by Crippen LogP contribution is 2.39. The monoisotopic (exact) mass is 372 g/mol. The molecule has 0 heterocycles. The van der Waals surface area contributed by atoms with E-state index >= 15 is 0 Å². The second kappa shape index (κ2) is 6.84.